The molecule has 13 heteroatoms. The summed E-state index contributed by atoms with van der Waals surface area (Å²) < 4.78 is 28.5. The molecule has 0 aliphatic rings. The van der Waals surface area contributed by atoms with Crippen molar-refractivity contribution < 1.29 is 22.9 Å². The lowest BCUT2D eigenvalue weighted by Gasteiger charge is -2.33. The summed E-state index contributed by atoms with van der Waals surface area (Å²) in [4.78, 5) is 39.1. The van der Waals surface area contributed by atoms with Gasteiger partial charge >= 0.3 is 0 Å². The summed E-state index contributed by atoms with van der Waals surface area (Å²) in [5.41, 5.74) is 0.399. The van der Waals surface area contributed by atoms with Crippen LogP contribution in [0.15, 0.2) is 77.7 Å². The van der Waals surface area contributed by atoms with E-state index in [4.69, 9.17) is 23.2 Å². The van der Waals surface area contributed by atoms with E-state index < -0.39 is 33.4 Å². The molecule has 0 saturated heterocycles. The molecule has 3 aromatic rings. The monoisotopic (exact) mass is 634 g/mol. The lowest BCUT2D eigenvalue weighted by atomic mass is 10.1. The molecule has 3 rings (SSSR count). The molecule has 0 radical (unpaired) electrons. The molecule has 0 bridgehead atoms. The zero-order valence-electron chi connectivity index (χ0n) is 23.2. The fraction of sp³-hybridized carbons (Fsp3) is 0.310. The number of non-ortho nitro benzene ring substituents is 1. The number of anilines is 1. The second-order valence-electron chi connectivity index (χ2n) is 9.44. The summed E-state index contributed by atoms with van der Waals surface area (Å²) >= 11 is 12.3. The Balaban J connectivity index is 2.06. The highest BCUT2D eigenvalue weighted by molar-refractivity contribution is 7.92. The number of halogens is 2. The smallest absolute Gasteiger partial charge is 0.269 e. The van der Waals surface area contributed by atoms with Gasteiger partial charge in [-0.05, 0) is 54.8 Å². The maximum absolute atomic E-state index is 14.0. The van der Waals surface area contributed by atoms with Crippen LogP contribution in [0.2, 0.25) is 10.0 Å². The summed E-state index contributed by atoms with van der Waals surface area (Å²) in [7, 11) is -4.29. The maximum atomic E-state index is 14.0. The van der Waals surface area contributed by atoms with Gasteiger partial charge < -0.3 is 10.2 Å². The number of hydrogen-bond acceptors (Lipinski definition) is 6. The minimum absolute atomic E-state index is 0.0467. The van der Waals surface area contributed by atoms with Gasteiger partial charge in [-0.25, -0.2) is 8.42 Å². The van der Waals surface area contributed by atoms with Crippen LogP contribution in [0, 0.1) is 10.1 Å². The van der Waals surface area contributed by atoms with Crippen molar-refractivity contribution in [3.8, 4) is 0 Å². The highest BCUT2D eigenvalue weighted by atomic mass is 35.5. The third-order valence-corrected chi connectivity index (χ3v) is 9.04. The first-order valence-corrected chi connectivity index (χ1v) is 15.5. The van der Waals surface area contributed by atoms with Crippen LogP contribution in [0.1, 0.15) is 38.7 Å². The SMILES string of the molecule is CCCCNC(=O)[C@@H](CC)N(Cc1ccc(Cl)c(Cl)c1)C(=O)CN(c1ccc([N+](=O)[O-])cc1)S(=O)(=O)c1ccccc1. The van der Waals surface area contributed by atoms with Crippen molar-refractivity contribution in [2.75, 3.05) is 17.4 Å². The van der Waals surface area contributed by atoms with E-state index in [9.17, 15) is 28.1 Å². The Labute approximate surface area is 255 Å². The van der Waals surface area contributed by atoms with Gasteiger partial charge in [-0.15, -0.1) is 0 Å². The minimum atomic E-state index is -4.29. The first-order valence-electron chi connectivity index (χ1n) is 13.3. The van der Waals surface area contributed by atoms with E-state index in [-0.39, 0.29) is 40.2 Å². The van der Waals surface area contributed by atoms with Crippen molar-refractivity contribution in [1.29, 1.82) is 0 Å². The molecule has 0 spiro atoms. The molecular weight excluding hydrogens is 603 g/mol. The number of unbranched alkanes of at least 4 members (excludes halogenated alkanes) is 1. The van der Waals surface area contributed by atoms with Gasteiger partial charge in [0.15, 0.2) is 0 Å². The van der Waals surface area contributed by atoms with Gasteiger partial charge in [-0.2, -0.15) is 0 Å². The average molecular weight is 636 g/mol. The predicted molar refractivity (Wildman–Crippen MR) is 163 cm³/mol. The Morgan fingerprint density at radius 3 is 2.21 bits per heavy atom. The Kier molecular flexibility index (Phi) is 11.7. The van der Waals surface area contributed by atoms with Crippen LogP contribution in [-0.4, -0.2) is 49.2 Å². The Bertz CT molecular complexity index is 1500. The number of hydrogen-bond donors (Lipinski definition) is 1. The molecule has 0 aliphatic carbocycles. The number of benzene rings is 3. The maximum Gasteiger partial charge on any atom is 0.269 e. The number of nitro groups is 1. The summed E-state index contributed by atoms with van der Waals surface area (Å²) in [5, 5.41) is 14.7. The van der Waals surface area contributed by atoms with E-state index in [0.29, 0.717) is 17.1 Å². The molecule has 0 saturated carbocycles. The van der Waals surface area contributed by atoms with E-state index in [1.54, 1.807) is 43.3 Å². The highest BCUT2D eigenvalue weighted by Gasteiger charge is 2.33. The van der Waals surface area contributed by atoms with E-state index in [1.807, 2.05) is 6.92 Å². The Hall–Kier alpha value is -3.67. The van der Waals surface area contributed by atoms with Crippen molar-refractivity contribution in [3.63, 3.8) is 0 Å². The number of rotatable bonds is 14. The number of nitrogens with zero attached hydrogens (tertiary/aromatic N) is 3. The van der Waals surface area contributed by atoms with Crippen LogP contribution in [0.3, 0.4) is 0 Å². The molecule has 0 heterocycles. The van der Waals surface area contributed by atoms with Crippen LogP contribution in [0.4, 0.5) is 11.4 Å². The molecule has 1 atom stereocenters. The normalized spacial score (nSPS) is 11.9. The third kappa shape index (κ3) is 8.21. The van der Waals surface area contributed by atoms with Gasteiger partial charge in [0.05, 0.1) is 25.6 Å². The summed E-state index contributed by atoms with van der Waals surface area (Å²) in [6.45, 7) is 3.46. The van der Waals surface area contributed by atoms with Gasteiger partial charge in [0, 0.05) is 25.2 Å². The molecule has 0 aromatic heterocycles. The first-order chi connectivity index (χ1) is 20.0. The number of sulfonamides is 1. The average Bonchev–Trinajstić information content (AvgIpc) is 2.98. The number of nitrogens with one attached hydrogen (secondary N) is 1. The summed E-state index contributed by atoms with van der Waals surface area (Å²) in [5.74, 6) is -1.02. The van der Waals surface area contributed by atoms with Gasteiger partial charge in [-0.3, -0.25) is 24.0 Å². The summed E-state index contributed by atoms with van der Waals surface area (Å²) in [6.07, 6.45) is 1.88. The van der Waals surface area contributed by atoms with Crippen LogP contribution in [0.5, 0.6) is 0 Å². The molecule has 0 aliphatic heterocycles. The topological polar surface area (TPSA) is 130 Å². The van der Waals surface area contributed by atoms with Gasteiger partial charge in [0.25, 0.3) is 15.7 Å². The van der Waals surface area contributed by atoms with E-state index in [1.165, 1.54) is 29.2 Å². The zero-order chi connectivity index (χ0) is 30.9. The van der Waals surface area contributed by atoms with Crippen LogP contribution in [-0.2, 0) is 26.2 Å². The van der Waals surface area contributed by atoms with Crippen LogP contribution in [0.25, 0.3) is 0 Å². The number of amides is 2. The van der Waals surface area contributed by atoms with Crippen molar-refractivity contribution in [2.45, 2.75) is 50.6 Å². The van der Waals surface area contributed by atoms with Crippen molar-refractivity contribution in [1.82, 2.24) is 10.2 Å². The molecule has 42 heavy (non-hydrogen) atoms. The van der Waals surface area contributed by atoms with Crippen LogP contribution >= 0.6 is 23.2 Å². The van der Waals surface area contributed by atoms with Gasteiger partial charge in [0.1, 0.15) is 12.6 Å². The molecule has 3 aromatic carbocycles. The van der Waals surface area contributed by atoms with Crippen LogP contribution < -0.4 is 9.62 Å². The second-order valence-corrected chi connectivity index (χ2v) is 12.1. The Morgan fingerprint density at radius 2 is 1.64 bits per heavy atom. The number of nitro benzene ring substituents is 1. The fourth-order valence-corrected chi connectivity index (χ4v) is 6.01. The van der Waals surface area contributed by atoms with Crippen molar-refractivity contribution in [2.24, 2.45) is 0 Å². The predicted octanol–water partition coefficient (Wildman–Crippen LogP) is 5.82. The van der Waals surface area contributed by atoms with E-state index in [0.717, 1.165) is 29.3 Å². The molecule has 1 N–H and O–H groups in total. The summed E-state index contributed by atoms with van der Waals surface area (Å²) in [6, 6.07) is 16.3. The lowest BCUT2D eigenvalue weighted by molar-refractivity contribution is -0.384. The molecule has 224 valence electrons. The zero-order valence-corrected chi connectivity index (χ0v) is 25.5. The fourth-order valence-electron chi connectivity index (χ4n) is 4.25. The molecular formula is C29H32Cl2N4O6S. The number of carbonyl (C=O) groups excluding carboxylic acids is 2. The molecule has 0 unspecified atom stereocenters. The quantitative estimate of drug-likeness (QED) is 0.135. The molecule has 2 amide bonds. The molecule has 10 nitrogen and oxygen atoms in total. The number of carbonyl (C=O) groups is 2. The van der Waals surface area contributed by atoms with E-state index in [2.05, 4.69) is 5.32 Å². The molecule has 0 fully saturated rings. The Morgan fingerprint density at radius 1 is 0.976 bits per heavy atom. The third-order valence-electron chi connectivity index (χ3n) is 6.51. The van der Waals surface area contributed by atoms with E-state index >= 15 is 0 Å². The minimum Gasteiger partial charge on any atom is -0.354 e. The van der Waals surface area contributed by atoms with Gasteiger partial charge in [-0.1, -0.05) is 67.7 Å². The standard InChI is InChI=1S/C29H32Cl2N4O6S/c1-3-5-17-32-29(37)27(4-2)33(19-21-11-16-25(30)26(31)18-21)28(36)20-34(22-12-14-23(15-13-22)35(38)39)42(40,41)24-9-7-6-8-10-24/h6-16,18,27H,3-5,17,19-20H2,1-2H3,(H,32,37)/t27-/m1/s1. The van der Waals surface area contributed by atoms with Gasteiger partial charge in [0.2, 0.25) is 11.8 Å². The van der Waals surface area contributed by atoms with Crippen molar-refractivity contribution >= 4 is 56.4 Å². The second kappa shape index (κ2) is 15.0. The lowest BCUT2D eigenvalue weighted by Crippen LogP contribution is -2.52. The largest absolute Gasteiger partial charge is 0.354 e. The van der Waals surface area contributed by atoms with Crippen molar-refractivity contribution in [3.05, 3.63) is 98.5 Å². The first kappa shape index (κ1) is 32.8. The highest BCUT2D eigenvalue weighted by Crippen LogP contribution is 2.28.